The zero-order chi connectivity index (χ0) is 20.4. The summed E-state index contributed by atoms with van der Waals surface area (Å²) in [5.74, 6) is -2.57. The first kappa shape index (κ1) is 18.8. The molecule has 28 heavy (non-hydrogen) atoms. The molecule has 0 aromatic rings. The van der Waals surface area contributed by atoms with Gasteiger partial charge in [-0.25, -0.2) is 0 Å². The number of methoxy groups -OCH3 is 1. The van der Waals surface area contributed by atoms with Gasteiger partial charge in [-0.05, 0) is 12.8 Å². The third kappa shape index (κ3) is 1.70. The van der Waals surface area contributed by atoms with Gasteiger partial charge in [-0.1, -0.05) is 20.8 Å². The van der Waals surface area contributed by atoms with Crippen LogP contribution in [0.15, 0.2) is 0 Å². The van der Waals surface area contributed by atoms with Crippen molar-refractivity contribution in [1.29, 1.82) is 0 Å². The fraction of sp³-hybridized carbons (Fsp3) is 0.900. The van der Waals surface area contributed by atoms with Crippen molar-refractivity contribution < 1.29 is 38.7 Å². The van der Waals surface area contributed by atoms with E-state index in [1.807, 2.05) is 20.8 Å². The van der Waals surface area contributed by atoms with Crippen LogP contribution < -0.4 is 0 Å². The number of rotatable bonds is 3. The second-order valence-electron chi connectivity index (χ2n) is 9.72. The number of fused-ring (bicyclic) bond motifs is 8. The second-order valence-corrected chi connectivity index (χ2v) is 9.72. The number of carbonyl (C=O) groups is 2. The van der Waals surface area contributed by atoms with Gasteiger partial charge in [0.05, 0.1) is 23.4 Å². The third-order valence-corrected chi connectivity index (χ3v) is 8.42. The maximum atomic E-state index is 12.9. The molecule has 11 atom stereocenters. The summed E-state index contributed by atoms with van der Waals surface area (Å²) in [6, 6.07) is 0. The summed E-state index contributed by atoms with van der Waals surface area (Å²) in [6.07, 6.45) is -3.02. The van der Waals surface area contributed by atoms with Gasteiger partial charge < -0.3 is 29.2 Å². The van der Waals surface area contributed by atoms with Crippen LogP contribution in [0.25, 0.3) is 0 Å². The molecule has 0 radical (unpaired) electrons. The van der Waals surface area contributed by atoms with Gasteiger partial charge in [0.25, 0.3) is 0 Å². The first-order valence-electron chi connectivity index (χ1n) is 10.1. The van der Waals surface area contributed by atoms with E-state index in [0.29, 0.717) is 0 Å². The van der Waals surface area contributed by atoms with Crippen LogP contribution in [0.5, 0.6) is 0 Å². The van der Waals surface area contributed by atoms with Crippen molar-refractivity contribution in [2.24, 2.45) is 29.1 Å². The number of esters is 2. The molecule has 8 heteroatoms. The fourth-order valence-electron chi connectivity index (χ4n) is 7.10. The average Bonchev–Trinajstić information content (AvgIpc) is 3.21. The Balaban J connectivity index is 1.70. The molecule has 0 amide bonds. The number of epoxide rings is 1. The first-order chi connectivity index (χ1) is 13.1. The van der Waals surface area contributed by atoms with Gasteiger partial charge in [0.2, 0.25) is 0 Å². The zero-order valence-corrected chi connectivity index (χ0v) is 16.7. The van der Waals surface area contributed by atoms with Crippen molar-refractivity contribution in [3.8, 4) is 0 Å². The molecule has 2 N–H and O–H groups in total. The standard InChI is InChI=1S/C20H28O8/c1-7(2)10-11-17(23)26-12(10)13(25-5)18(4)19(14-15(27-14)20(11,18)24)6-9(8(3)21)16(22)28-19/h7-15,21,24H,6H2,1-5H3/t8-,9-,10-,11+,12+,13+,14+,15-,18-,19+,20-/m0/s1. The molecule has 2 saturated carbocycles. The van der Waals surface area contributed by atoms with Crippen molar-refractivity contribution in [2.75, 3.05) is 7.11 Å². The molecule has 5 fully saturated rings. The van der Waals surface area contributed by atoms with E-state index < -0.39 is 70.9 Å². The molecule has 3 heterocycles. The molecule has 2 bridgehead atoms. The van der Waals surface area contributed by atoms with Crippen LogP contribution in [0.1, 0.15) is 34.1 Å². The van der Waals surface area contributed by atoms with Crippen molar-refractivity contribution in [2.45, 2.75) is 75.8 Å². The van der Waals surface area contributed by atoms with Gasteiger partial charge in [0, 0.05) is 19.4 Å². The number of ether oxygens (including phenoxy) is 4. The molecular weight excluding hydrogens is 368 g/mol. The van der Waals surface area contributed by atoms with Crippen LogP contribution >= 0.6 is 0 Å². The van der Waals surface area contributed by atoms with E-state index in [1.54, 1.807) is 6.92 Å². The monoisotopic (exact) mass is 396 g/mol. The van der Waals surface area contributed by atoms with Crippen molar-refractivity contribution in [3.05, 3.63) is 0 Å². The lowest BCUT2D eigenvalue weighted by atomic mass is 9.50. The SMILES string of the molecule is CO[C@@H]1[C@@H]2OC(=O)[C@@H]([C@@H]2C(C)C)[C@]2(O)[C@H]3O[C@H]3[C@]3(C[C@@H]([C@H](C)O)C(=O)O3)[C@]12C. The van der Waals surface area contributed by atoms with Crippen molar-refractivity contribution in [3.63, 3.8) is 0 Å². The number of aliphatic hydroxyl groups excluding tert-OH is 1. The van der Waals surface area contributed by atoms with Gasteiger partial charge in [0.1, 0.15) is 30.0 Å². The minimum absolute atomic E-state index is 0.0813. The normalized spacial score (nSPS) is 57.2. The van der Waals surface area contributed by atoms with E-state index in [9.17, 15) is 19.8 Å². The summed E-state index contributed by atoms with van der Waals surface area (Å²) in [5.41, 5.74) is -3.85. The maximum Gasteiger partial charge on any atom is 0.312 e. The quantitative estimate of drug-likeness (QED) is 0.507. The smallest absolute Gasteiger partial charge is 0.312 e. The number of carbonyl (C=O) groups excluding carboxylic acids is 2. The first-order valence-corrected chi connectivity index (χ1v) is 10.1. The Hall–Kier alpha value is -1.22. The van der Waals surface area contributed by atoms with Gasteiger partial charge in [0.15, 0.2) is 5.60 Å². The van der Waals surface area contributed by atoms with E-state index in [4.69, 9.17) is 18.9 Å². The summed E-state index contributed by atoms with van der Waals surface area (Å²) in [7, 11) is 1.53. The molecule has 0 aromatic carbocycles. The van der Waals surface area contributed by atoms with Crippen LogP contribution in [0.3, 0.4) is 0 Å². The van der Waals surface area contributed by atoms with E-state index in [1.165, 1.54) is 7.11 Å². The van der Waals surface area contributed by atoms with E-state index >= 15 is 0 Å². The lowest BCUT2D eigenvalue weighted by molar-refractivity contribution is -0.283. The zero-order valence-electron chi connectivity index (χ0n) is 16.7. The lowest BCUT2D eigenvalue weighted by Gasteiger charge is -2.58. The van der Waals surface area contributed by atoms with Gasteiger partial charge in [-0.3, -0.25) is 9.59 Å². The number of aliphatic hydroxyl groups is 2. The minimum Gasteiger partial charge on any atom is -0.459 e. The summed E-state index contributed by atoms with van der Waals surface area (Å²) in [5, 5.41) is 22.2. The highest BCUT2D eigenvalue weighted by molar-refractivity contribution is 5.81. The Kier molecular flexibility index (Phi) is 3.54. The van der Waals surface area contributed by atoms with Crippen LogP contribution in [0.4, 0.5) is 0 Å². The van der Waals surface area contributed by atoms with Crippen LogP contribution in [0.2, 0.25) is 0 Å². The Morgan fingerprint density at radius 1 is 1.18 bits per heavy atom. The Bertz CT molecular complexity index is 750. The predicted molar refractivity (Wildman–Crippen MR) is 92.8 cm³/mol. The summed E-state index contributed by atoms with van der Waals surface area (Å²) in [4.78, 5) is 25.5. The average molecular weight is 396 g/mol. The van der Waals surface area contributed by atoms with Crippen molar-refractivity contribution >= 4 is 11.9 Å². The molecule has 0 aromatic heterocycles. The minimum atomic E-state index is -1.58. The van der Waals surface area contributed by atoms with Crippen LogP contribution in [0, 0.1) is 29.1 Å². The van der Waals surface area contributed by atoms with E-state index in [-0.39, 0.29) is 18.3 Å². The molecule has 3 saturated heterocycles. The third-order valence-electron chi connectivity index (χ3n) is 8.42. The molecule has 5 aliphatic rings. The van der Waals surface area contributed by atoms with E-state index in [2.05, 4.69) is 0 Å². The largest absolute Gasteiger partial charge is 0.459 e. The van der Waals surface area contributed by atoms with Crippen LogP contribution in [-0.2, 0) is 28.5 Å². The fourth-order valence-corrected chi connectivity index (χ4v) is 7.10. The van der Waals surface area contributed by atoms with Crippen LogP contribution in [-0.4, -0.2) is 71.0 Å². The maximum absolute atomic E-state index is 12.9. The summed E-state index contributed by atoms with van der Waals surface area (Å²) < 4.78 is 23.4. The summed E-state index contributed by atoms with van der Waals surface area (Å²) >= 11 is 0. The second kappa shape index (κ2) is 5.28. The lowest BCUT2D eigenvalue weighted by Crippen LogP contribution is -2.73. The molecule has 2 aliphatic carbocycles. The van der Waals surface area contributed by atoms with E-state index in [0.717, 1.165) is 0 Å². The van der Waals surface area contributed by atoms with Gasteiger partial charge in [-0.15, -0.1) is 0 Å². The molecule has 0 unspecified atom stereocenters. The Morgan fingerprint density at radius 3 is 2.39 bits per heavy atom. The van der Waals surface area contributed by atoms with Gasteiger partial charge in [-0.2, -0.15) is 0 Å². The van der Waals surface area contributed by atoms with Gasteiger partial charge >= 0.3 is 11.9 Å². The number of hydrogen-bond acceptors (Lipinski definition) is 8. The molecule has 156 valence electrons. The summed E-state index contributed by atoms with van der Waals surface area (Å²) in [6.45, 7) is 7.38. The highest BCUT2D eigenvalue weighted by atomic mass is 16.7. The predicted octanol–water partition coefficient (Wildman–Crippen LogP) is 0.0299. The molecule has 1 spiro atoms. The highest BCUT2D eigenvalue weighted by Gasteiger charge is 2.93. The number of hydrogen-bond donors (Lipinski definition) is 2. The topological polar surface area (TPSA) is 115 Å². The molecule has 3 aliphatic heterocycles. The molecule has 5 rings (SSSR count). The highest BCUT2D eigenvalue weighted by Crippen LogP contribution is 2.75. The Morgan fingerprint density at radius 2 is 1.86 bits per heavy atom. The van der Waals surface area contributed by atoms with Crippen molar-refractivity contribution in [1.82, 2.24) is 0 Å². The molecular formula is C20H28O8. The molecule has 8 nitrogen and oxygen atoms in total. The Labute approximate surface area is 163 Å².